The Bertz CT molecular complexity index is 631. The van der Waals surface area contributed by atoms with Crippen LogP contribution in [0, 0.1) is 3.57 Å². The van der Waals surface area contributed by atoms with Crippen LogP contribution in [0.4, 0.5) is 0 Å². The Morgan fingerprint density at radius 1 is 1.48 bits per heavy atom. The molecular formula is C15H19ClIN3O. The minimum absolute atomic E-state index is 0.217. The van der Waals surface area contributed by atoms with Crippen LogP contribution in [0.5, 0.6) is 0 Å². The maximum atomic E-state index is 5.94. The average molecular weight is 420 g/mol. The van der Waals surface area contributed by atoms with Gasteiger partial charge in [-0.15, -0.1) is 11.6 Å². The molecule has 1 fully saturated rings. The lowest BCUT2D eigenvalue weighted by atomic mass is 10.2. The van der Waals surface area contributed by atoms with Crippen LogP contribution in [0.1, 0.15) is 5.82 Å². The van der Waals surface area contributed by atoms with Crippen molar-refractivity contribution in [1.82, 2.24) is 14.5 Å². The number of morpholine rings is 1. The molecule has 1 aromatic heterocycles. The molecule has 1 unspecified atom stereocenters. The Kier molecular flexibility index (Phi) is 5.03. The fourth-order valence-corrected chi connectivity index (χ4v) is 3.46. The minimum atomic E-state index is 0.217. The van der Waals surface area contributed by atoms with E-state index >= 15 is 0 Å². The van der Waals surface area contributed by atoms with Crippen molar-refractivity contribution in [2.24, 2.45) is 0 Å². The molecule has 0 radical (unpaired) electrons. The quantitative estimate of drug-likeness (QED) is 0.564. The van der Waals surface area contributed by atoms with Gasteiger partial charge in [-0.25, -0.2) is 4.98 Å². The smallest absolute Gasteiger partial charge is 0.111 e. The number of hydrogen-bond donors (Lipinski definition) is 0. The molecule has 1 aromatic carbocycles. The van der Waals surface area contributed by atoms with Crippen molar-refractivity contribution >= 4 is 45.2 Å². The normalized spacial score (nSPS) is 20.2. The zero-order valence-electron chi connectivity index (χ0n) is 12.1. The van der Waals surface area contributed by atoms with Crippen LogP contribution in [0.3, 0.4) is 0 Å². The first-order chi connectivity index (χ1) is 10.2. The second-order valence-corrected chi connectivity index (χ2v) is 7.09. The van der Waals surface area contributed by atoms with E-state index in [1.165, 1.54) is 9.09 Å². The summed E-state index contributed by atoms with van der Waals surface area (Å²) < 4.78 is 9.38. The summed E-state index contributed by atoms with van der Waals surface area (Å²) in [5.41, 5.74) is 2.22. The highest BCUT2D eigenvalue weighted by Crippen LogP contribution is 2.21. The number of alkyl halides is 1. The van der Waals surface area contributed by atoms with Gasteiger partial charge < -0.3 is 14.2 Å². The number of aromatic nitrogens is 2. The van der Waals surface area contributed by atoms with Gasteiger partial charge in [0.15, 0.2) is 0 Å². The van der Waals surface area contributed by atoms with Gasteiger partial charge in [0.1, 0.15) is 5.82 Å². The van der Waals surface area contributed by atoms with E-state index in [1.807, 2.05) is 0 Å². The van der Waals surface area contributed by atoms with Crippen LogP contribution in [0.2, 0.25) is 0 Å². The predicted octanol–water partition coefficient (Wildman–Crippen LogP) is 2.75. The third-order valence-electron chi connectivity index (χ3n) is 3.84. The van der Waals surface area contributed by atoms with E-state index in [4.69, 9.17) is 21.3 Å². The molecule has 0 spiro atoms. The van der Waals surface area contributed by atoms with Crippen LogP contribution in [-0.4, -0.2) is 53.2 Å². The van der Waals surface area contributed by atoms with E-state index in [9.17, 15) is 0 Å². The van der Waals surface area contributed by atoms with Crippen LogP contribution >= 0.6 is 34.2 Å². The zero-order chi connectivity index (χ0) is 14.8. The maximum absolute atomic E-state index is 5.94. The van der Waals surface area contributed by atoms with Gasteiger partial charge in [-0.05, 0) is 47.8 Å². The van der Waals surface area contributed by atoms with E-state index < -0.39 is 0 Å². The largest absolute Gasteiger partial charge is 0.374 e. The van der Waals surface area contributed by atoms with Gasteiger partial charge in [-0.1, -0.05) is 0 Å². The number of aryl methyl sites for hydroxylation is 1. The second-order valence-electron chi connectivity index (χ2n) is 5.47. The molecule has 21 heavy (non-hydrogen) atoms. The van der Waals surface area contributed by atoms with Crippen molar-refractivity contribution in [1.29, 1.82) is 0 Å². The molecule has 0 saturated carbocycles. The summed E-state index contributed by atoms with van der Waals surface area (Å²) in [6.07, 6.45) is 1.00. The van der Waals surface area contributed by atoms with Crippen LogP contribution in [-0.2, 0) is 17.7 Å². The van der Waals surface area contributed by atoms with E-state index in [0.717, 1.165) is 44.0 Å². The summed E-state index contributed by atoms with van der Waals surface area (Å²) in [7, 11) is 2.14. The molecule has 2 aromatic rings. The van der Waals surface area contributed by atoms with Crippen LogP contribution < -0.4 is 0 Å². The van der Waals surface area contributed by atoms with Gasteiger partial charge in [-0.2, -0.15) is 0 Å². The van der Waals surface area contributed by atoms with Crippen molar-refractivity contribution in [2.45, 2.75) is 19.1 Å². The highest BCUT2D eigenvalue weighted by atomic mass is 127. The van der Waals surface area contributed by atoms with Gasteiger partial charge in [0, 0.05) is 29.0 Å². The Labute approximate surface area is 143 Å². The molecule has 1 aliphatic rings. The van der Waals surface area contributed by atoms with Gasteiger partial charge in [0.25, 0.3) is 0 Å². The van der Waals surface area contributed by atoms with Crippen molar-refractivity contribution < 1.29 is 4.74 Å². The number of ether oxygens (including phenoxy) is 1. The number of nitrogens with zero attached hydrogens (tertiary/aromatic N) is 3. The van der Waals surface area contributed by atoms with Crippen molar-refractivity contribution in [2.75, 3.05) is 32.6 Å². The number of halogens is 2. The van der Waals surface area contributed by atoms with E-state index in [2.05, 4.69) is 57.3 Å². The maximum Gasteiger partial charge on any atom is 0.111 e. The lowest BCUT2D eigenvalue weighted by Gasteiger charge is -2.30. The first-order valence-corrected chi connectivity index (χ1v) is 8.79. The summed E-state index contributed by atoms with van der Waals surface area (Å²) in [4.78, 5) is 7.07. The highest BCUT2D eigenvalue weighted by molar-refractivity contribution is 14.1. The number of fused-ring (bicyclic) bond motifs is 1. The predicted molar refractivity (Wildman–Crippen MR) is 94.1 cm³/mol. The molecule has 0 bridgehead atoms. The average Bonchev–Trinajstić information content (AvgIpc) is 2.76. The number of hydrogen-bond acceptors (Lipinski definition) is 3. The van der Waals surface area contributed by atoms with Crippen molar-refractivity contribution in [3.05, 3.63) is 27.6 Å². The van der Waals surface area contributed by atoms with E-state index in [0.29, 0.717) is 5.88 Å². The molecule has 1 aliphatic heterocycles. The third-order valence-corrected chi connectivity index (χ3v) is 4.70. The van der Waals surface area contributed by atoms with Gasteiger partial charge in [0.05, 0.1) is 30.3 Å². The standard InChI is InChI=1S/C15H19ClIN3O/c1-19-6-7-21-12(9-19)10-20-14-3-2-11(17)8-13(14)18-15(20)4-5-16/h2-3,8,12H,4-7,9-10H2,1H3. The highest BCUT2D eigenvalue weighted by Gasteiger charge is 2.21. The van der Waals surface area contributed by atoms with Gasteiger partial charge in [0.2, 0.25) is 0 Å². The minimum Gasteiger partial charge on any atom is -0.374 e. The van der Waals surface area contributed by atoms with E-state index in [1.54, 1.807) is 0 Å². The molecule has 4 nitrogen and oxygen atoms in total. The summed E-state index contributed by atoms with van der Waals surface area (Å²) in [5.74, 6) is 1.64. The lowest BCUT2D eigenvalue weighted by molar-refractivity contribution is -0.0272. The lowest BCUT2D eigenvalue weighted by Crippen LogP contribution is -2.42. The molecule has 1 saturated heterocycles. The Balaban J connectivity index is 1.93. The summed E-state index contributed by atoms with van der Waals surface area (Å²) in [6.45, 7) is 3.61. The van der Waals surface area contributed by atoms with Crippen molar-refractivity contribution in [3.63, 3.8) is 0 Å². The molecule has 0 N–H and O–H groups in total. The van der Waals surface area contributed by atoms with Crippen LogP contribution in [0.25, 0.3) is 11.0 Å². The van der Waals surface area contributed by atoms with E-state index in [-0.39, 0.29) is 6.10 Å². The first-order valence-electron chi connectivity index (χ1n) is 7.18. The number of benzene rings is 1. The molecule has 114 valence electrons. The molecule has 1 atom stereocenters. The molecule has 0 amide bonds. The first kappa shape index (κ1) is 15.5. The van der Waals surface area contributed by atoms with Crippen molar-refractivity contribution in [3.8, 4) is 0 Å². The van der Waals surface area contributed by atoms with Gasteiger partial charge in [-0.3, -0.25) is 0 Å². The van der Waals surface area contributed by atoms with Crippen LogP contribution in [0.15, 0.2) is 18.2 Å². The SMILES string of the molecule is CN1CCOC(Cn2c(CCCl)nc3cc(I)ccc32)C1. The third kappa shape index (κ3) is 3.52. The zero-order valence-corrected chi connectivity index (χ0v) is 15.0. The molecular weight excluding hydrogens is 401 g/mol. The topological polar surface area (TPSA) is 30.3 Å². The Morgan fingerprint density at radius 2 is 2.33 bits per heavy atom. The summed E-state index contributed by atoms with van der Waals surface area (Å²) in [6, 6.07) is 6.39. The number of likely N-dealkylation sites (N-methyl/N-ethyl adjacent to an activating group) is 1. The molecule has 2 heterocycles. The second kappa shape index (κ2) is 6.81. The monoisotopic (exact) mass is 419 g/mol. The molecule has 6 heteroatoms. The fraction of sp³-hybridized carbons (Fsp3) is 0.533. The summed E-state index contributed by atoms with van der Waals surface area (Å²) in [5, 5.41) is 0. The summed E-state index contributed by atoms with van der Waals surface area (Å²) >= 11 is 8.26. The number of imidazole rings is 1. The Morgan fingerprint density at radius 3 is 3.10 bits per heavy atom. The number of rotatable bonds is 4. The fourth-order valence-electron chi connectivity index (χ4n) is 2.81. The molecule has 0 aliphatic carbocycles. The van der Waals surface area contributed by atoms with Gasteiger partial charge >= 0.3 is 0 Å². The molecule has 3 rings (SSSR count). The Hall–Kier alpha value is -0.370.